The summed E-state index contributed by atoms with van der Waals surface area (Å²) < 4.78 is 0. The number of benzene rings is 1. The van der Waals surface area contributed by atoms with Crippen molar-refractivity contribution in [2.45, 2.75) is 39.2 Å². The minimum Gasteiger partial charge on any atom is -0.352 e. The predicted molar refractivity (Wildman–Crippen MR) is 92.6 cm³/mol. The molecule has 0 saturated heterocycles. The lowest BCUT2D eigenvalue weighted by Crippen LogP contribution is -2.48. The molecule has 3 atom stereocenters. The summed E-state index contributed by atoms with van der Waals surface area (Å²) in [6.45, 7) is 3.87. The lowest BCUT2D eigenvalue weighted by Gasteiger charge is -2.34. The van der Waals surface area contributed by atoms with Gasteiger partial charge < -0.3 is 5.32 Å². The van der Waals surface area contributed by atoms with E-state index in [-0.39, 0.29) is 35.3 Å². The number of imide groups is 1. The Labute approximate surface area is 150 Å². The average molecular weight is 359 g/mol. The molecule has 1 aromatic rings. The first-order valence-electron chi connectivity index (χ1n) is 8.73. The third-order valence-electron chi connectivity index (χ3n) is 5.52. The van der Waals surface area contributed by atoms with Crippen molar-refractivity contribution in [2.75, 3.05) is 6.54 Å². The highest BCUT2D eigenvalue weighted by atomic mass is 16.6. The molecule has 0 radical (unpaired) electrons. The van der Waals surface area contributed by atoms with E-state index in [0.717, 1.165) is 30.2 Å². The molecule has 138 valence electrons. The predicted octanol–water partition coefficient (Wildman–Crippen LogP) is 2.13. The Hall–Kier alpha value is -2.77. The van der Waals surface area contributed by atoms with Gasteiger partial charge in [0.05, 0.1) is 16.1 Å². The number of rotatable bonds is 4. The molecule has 1 heterocycles. The number of amides is 3. The Morgan fingerprint density at radius 3 is 2.62 bits per heavy atom. The fraction of sp³-hybridized carbons (Fsp3) is 0.500. The van der Waals surface area contributed by atoms with Crippen molar-refractivity contribution in [3.63, 3.8) is 0 Å². The minimum absolute atomic E-state index is 0.0301. The van der Waals surface area contributed by atoms with Crippen molar-refractivity contribution in [1.29, 1.82) is 0 Å². The highest BCUT2D eigenvalue weighted by molar-refractivity contribution is 6.22. The monoisotopic (exact) mass is 359 g/mol. The van der Waals surface area contributed by atoms with Gasteiger partial charge in [-0.05, 0) is 24.3 Å². The van der Waals surface area contributed by atoms with Crippen LogP contribution in [-0.2, 0) is 4.79 Å². The van der Waals surface area contributed by atoms with Gasteiger partial charge in [0, 0.05) is 18.2 Å². The van der Waals surface area contributed by atoms with Crippen molar-refractivity contribution in [3.8, 4) is 0 Å². The second-order valence-corrected chi connectivity index (χ2v) is 7.12. The number of carbonyl (C=O) groups is 3. The first kappa shape index (κ1) is 18.0. The number of fused-ring (bicyclic) bond motifs is 1. The quantitative estimate of drug-likeness (QED) is 0.503. The lowest BCUT2D eigenvalue weighted by atomic mass is 9.78. The number of non-ortho nitro benzene ring substituents is 1. The van der Waals surface area contributed by atoms with Crippen LogP contribution in [0, 0.1) is 22.0 Å². The van der Waals surface area contributed by atoms with Gasteiger partial charge in [0.15, 0.2) is 0 Å². The summed E-state index contributed by atoms with van der Waals surface area (Å²) in [6, 6.07) is 3.55. The van der Waals surface area contributed by atoms with Gasteiger partial charge in [-0.25, -0.2) is 0 Å². The van der Waals surface area contributed by atoms with Gasteiger partial charge in [0.1, 0.15) is 6.54 Å². The van der Waals surface area contributed by atoms with Crippen LogP contribution in [-0.4, -0.2) is 40.1 Å². The van der Waals surface area contributed by atoms with E-state index < -0.39 is 16.7 Å². The first-order valence-corrected chi connectivity index (χ1v) is 8.73. The van der Waals surface area contributed by atoms with Crippen LogP contribution in [0.3, 0.4) is 0 Å². The van der Waals surface area contributed by atoms with Gasteiger partial charge in [-0.1, -0.05) is 26.7 Å². The summed E-state index contributed by atoms with van der Waals surface area (Å²) in [7, 11) is 0. The minimum atomic E-state index is -0.672. The Bertz CT molecular complexity index is 791. The van der Waals surface area contributed by atoms with Crippen LogP contribution in [0.15, 0.2) is 18.2 Å². The Morgan fingerprint density at radius 2 is 1.92 bits per heavy atom. The summed E-state index contributed by atoms with van der Waals surface area (Å²) >= 11 is 0. The molecule has 3 amide bonds. The molecule has 0 spiro atoms. The summed E-state index contributed by atoms with van der Waals surface area (Å²) in [5.74, 6) is -0.819. The number of hydrogen-bond acceptors (Lipinski definition) is 5. The van der Waals surface area contributed by atoms with Crippen LogP contribution in [0.4, 0.5) is 5.69 Å². The molecule has 1 aromatic carbocycles. The van der Waals surface area contributed by atoms with Crippen LogP contribution >= 0.6 is 0 Å². The summed E-state index contributed by atoms with van der Waals surface area (Å²) in [5.41, 5.74) is -0.203. The van der Waals surface area contributed by atoms with E-state index in [2.05, 4.69) is 19.2 Å². The normalized spacial score (nSPS) is 25.2. The van der Waals surface area contributed by atoms with E-state index in [9.17, 15) is 24.5 Å². The molecule has 0 unspecified atom stereocenters. The molecule has 8 nitrogen and oxygen atoms in total. The van der Waals surface area contributed by atoms with Crippen LogP contribution in [0.5, 0.6) is 0 Å². The van der Waals surface area contributed by atoms with Crippen LogP contribution in [0.2, 0.25) is 0 Å². The number of nitrogens with zero attached hydrogens (tertiary/aromatic N) is 2. The van der Waals surface area contributed by atoms with Crippen molar-refractivity contribution < 1.29 is 19.3 Å². The van der Waals surface area contributed by atoms with Crippen LogP contribution < -0.4 is 5.32 Å². The maximum absolute atomic E-state index is 12.4. The molecule has 1 aliphatic carbocycles. The number of nitro groups is 1. The molecule has 1 fully saturated rings. The molecule has 8 heteroatoms. The van der Waals surface area contributed by atoms with Gasteiger partial charge in [-0.3, -0.25) is 29.4 Å². The van der Waals surface area contributed by atoms with Crippen molar-refractivity contribution in [2.24, 2.45) is 11.8 Å². The first-order chi connectivity index (χ1) is 12.3. The largest absolute Gasteiger partial charge is 0.352 e. The van der Waals surface area contributed by atoms with Gasteiger partial charge in [-0.2, -0.15) is 0 Å². The summed E-state index contributed by atoms with van der Waals surface area (Å²) in [6.07, 6.45) is 3.05. The van der Waals surface area contributed by atoms with Crippen molar-refractivity contribution in [3.05, 3.63) is 39.4 Å². The van der Waals surface area contributed by atoms with Gasteiger partial charge in [0.25, 0.3) is 17.5 Å². The zero-order valence-corrected chi connectivity index (χ0v) is 14.7. The van der Waals surface area contributed by atoms with Crippen molar-refractivity contribution in [1.82, 2.24) is 10.2 Å². The fourth-order valence-electron chi connectivity index (χ4n) is 3.72. The zero-order chi connectivity index (χ0) is 19.0. The maximum atomic E-state index is 12.4. The van der Waals surface area contributed by atoms with Gasteiger partial charge in [-0.15, -0.1) is 0 Å². The molecule has 3 rings (SSSR count). The van der Waals surface area contributed by atoms with E-state index in [1.54, 1.807) is 0 Å². The van der Waals surface area contributed by atoms with Gasteiger partial charge in [0.2, 0.25) is 5.91 Å². The SMILES string of the molecule is C[C@H]1[C@@H](NC(=O)CN2C(=O)c3ccc([N+](=O)[O-])cc3C2=O)CCC[C@@H]1C. The highest BCUT2D eigenvalue weighted by Crippen LogP contribution is 2.30. The Morgan fingerprint density at radius 1 is 1.23 bits per heavy atom. The fourth-order valence-corrected chi connectivity index (χ4v) is 3.72. The molecule has 1 N–H and O–H groups in total. The third kappa shape index (κ3) is 3.18. The Balaban J connectivity index is 1.70. The number of nitro benzene ring substituents is 1. The molecular formula is C18H21N3O5. The second-order valence-electron chi connectivity index (χ2n) is 7.12. The summed E-state index contributed by atoms with van der Waals surface area (Å²) in [4.78, 5) is 48.3. The highest BCUT2D eigenvalue weighted by Gasteiger charge is 2.38. The third-order valence-corrected chi connectivity index (χ3v) is 5.52. The number of nitrogens with one attached hydrogen (secondary N) is 1. The van der Waals surface area contributed by atoms with E-state index in [0.29, 0.717) is 11.8 Å². The average Bonchev–Trinajstić information content (AvgIpc) is 2.83. The van der Waals surface area contributed by atoms with Crippen LogP contribution in [0.1, 0.15) is 53.8 Å². The molecule has 26 heavy (non-hydrogen) atoms. The molecule has 2 aliphatic rings. The standard InChI is InChI=1S/C18H21N3O5/c1-10-4-3-5-15(11(10)2)19-16(22)9-20-17(23)13-7-6-12(21(25)26)8-14(13)18(20)24/h6-8,10-11,15H,3-5,9H2,1-2H3,(H,19,22)/t10-,11+,15-/m0/s1. The van der Waals surface area contributed by atoms with Crippen LogP contribution in [0.25, 0.3) is 0 Å². The summed E-state index contributed by atoms with van der Waals surface area (Å²) in [5, 5.41) is 13.8. The molecule has 0 aromatic heterocycles. The number of carbonyl (C=O) groups excluding carboxylic acids is 3. The molecular weight excluding hydrogens is 338 g/mol. The molecule has 0 bridgehead atoms. The number of hydrogen-bond donors (Lipinski definition) is 1. The van der Waals surface area contributed by atoms with E-state index >= 15 is 0 Å². The zero-order valence-electron chi connectivity index (χ0n) is 14.7. The smallest absolute Gasteiger partial charge is 0.270 e. The maximum Gasteiger partial charge on any atom is 0.270 e. The second kappa shape index (κ2) is 6.86. The van der Waals surface area contributed by atoms with E-state index in [1.165, 1.54) is 12.1 Å². The van der Waals surface area contributed by atoms with Crippen molar-refractivity contribution >= 4 is 23.4 Å². The van der Waals surface area contributed by atoms with E-state index in [1.807, 2.05) is 0 Å². The topological polar surface area (TPSA) is 110 Å². The van der Waals surface area contributed by atoms with E-state index in [4.69, 9.17) is 0 Å². The Kier molecular flexibility index (Phi) is 4.76. The lowest BCUT2D eigenvalue weighted by molar-refractivity contribution is -0.384. The molecule has 1 aliphatic heterocycles. The molecule has 1 saturated carbocycles. The van der Waals surface area contributed by atoms with Gasteiger partial charge >= 0.3 is 0 Å².